The van der Waals surface area contributed by atoms with Gasteiger partial charge in [0.1, 0.15) is 0 Å². The second kappa shape index (κ2) is 23.3. The molecule has 20 heteroatoms. The number of anilines is 3. The summed E-state index contributed by atoms with van der Waals surface area (Å²) in [5.41, 5.74) is 0.674. The van der Waals surface area contributed by atoms with Gasteiger partial charge in [0, 0.05) is 76.2 Å². The predicted octanol–water partition coefficient (Wildman–Crippen LogP) is 12.2. The molecule has 0 radical (unpaired) electrons. The molecule has 13 nitrogen and oxygen atoms in total. The molecule has 0 spiro atoms. The first-order chi connectivity index (χ1) is 36.7. The number of sulfone groups is 1. The molecular formula is C57H62ClF3N5O8PS2. The molecular weight excluding hydrogens is 1070 g/mol. The molecule has 4 heterocycles. The van der Waals surface area contributed by atoms with Crippen LogP contribution in [0.25, 0.3) is 22.4 Å². The van der Waals surface area contributed by atoms with E-state index in [0.717, 1.165) is 39.2 Å². The molecule has 1 aromatic heterocycles. The minimum atomic E-state index is -5.91. The van der Waals surface area contributed by atoms with E-state index in [4.69, 9.17) is 16.1 Å². The smallest absolute Gasteiger partial charge is 0.481 e. The molecule has 3 saturated heterocycles. The zero-order valence-corrected chi connectivity index (χ0v) is 46.3. The number of likely N-dealkylation sites (tertiary alicyclic amines) is 1. The van der Waals surface area contributed by atoms with Gasteiger partial charge >= 0.3 is 25.0 Å². The van der Waals surface area contributed by atoms with Crippen LogP contribution in [0.15, 0.2) is 131 Å². The number of aromatic carboxylic acids is 1. The van der Waals surface area contributed by atoms with Crippen LogP contribution >= 0.6 is 30.9 Å². The summed E-state index contributed by atoms with van der Waals surface area (Å²) in [7, 11) is -10.0. The van der Waals surface area contributed by atoms with Gasteiger partial charge in [-0.3, -0.25) is 14.0 Å². The first kappa shape index (κ1) is 56.0. The van der Waals surface area contributed by atoms with Gasteiger partial charge in [0.2, 0.25) is 0 Å². The summed E-state index contributed by atoms with van der Waals surface area (Å²) < 4.78 is 95.2. The van der Waals surface area contributed by atoms with Crippen LogP contribution in [0, 0.1) is 18.8 Å². The van der Waals surface area contributed by atoms with Gasteiger partial charge in [0.05, 0.1) is 40.5 Å². The summed E-state index contributed by atoms with van der Waals surface area (Å²) in [5.74, 6) is -2.04. The summed E-state index contributed by atoms with van der Waals surface area (Å²) in [6.45, 7) is 10.4. The van der Waals surface area contributed by atoms with E-state index in [1.807, 2.05) is 99.6 Å². The van der Waals surface area contributed by atoms with Crippen molar-refractivity contribution < 1.29 is 50.5 Å². The van der Waals surface area contributed by atoms with Gasteiger partial charge in [-0.1, -0.05) is 60.1 Å². The average molecular weight is 1130 g/mol. The standard InChI is InChI=1S/C57H62ClF3N5O8PS2/c1-38(2)66-39(3)52(56(69)70)53(54(66)41-12-15-45(58)16-13-41)44-8-7-9-48(35-44)64-30-28-63(29-31-64)46-17-19-47(20-18-46)65-32-33-74-75(65,71)49-21-14-43(51(36-49)77(72,73)57(59,60)61)34-40(37-76-50-10-5-4-6-11-50)22-25-62-26-23-42(24-27-62)55(67)68/h4-21,35-36,38,40,42H,22-34,37H2,1-3H3,(H,67,68)(H,69,70)/t40-,75+/m0/s1. The van der Waals surface area contributed by atoms with Crippen molar-refractivity contribution in [3.63, 3.8) is 0 Å². The SMILES string of the molecule is Cc1c(C(=O)O)c(-c2cccc(N3CCN(c4ccc(N5CCO[P@]5(=O)c5ccc(C[C@H](CCN6CCC(C(=O)O)CC6)CSc6ccccc6)c(S(=O)(=O)C(F)(F)F)c5)cc4)CC3)c2)c(-c2ccc(Cl)cc2)n1C(C)C. The average Bonchev–Trinajstić information content (AvgIpc) is 4.01. The second-order valence-corrected chi connectivity index (χ2v) is 25.9. The molecule has 5 aromatic carbocycles. The number of carboxylic acid groups (broad SMARTS) is 2. The molecule has 2 atom stereocenters. The number of alkyl halides is 3. The van der Waals surface area contributed by atoms with Crippen LogP contribution in [0.1, 0.15) is 60.8 Å². The Morgan fingerprint density at radius 3 is 2.06 bits per heavy atom. The highest BCUT2D eigenvalue weighted by atomic mass is 35.5. The first-order valence-corrected chi connectivity index (χ1v) is 30.2. The predicted molar refractivity (Wildman–Crippen MR) is 299 cm³/mol. The molecule has 3 aliphatic rings. The van der Waals surface area contributed by atoms with E-state index in [-0.39, 0.29) is 48.0 Å². The van der Waals surface area contributed by atoms with E-state index in [1.54, 1.807) is 24.3 Å². The molecule has 77 heavy (non-hydrogen) atoms. The Kier molecular flexibility index (Phi) is 16.9. The Morgan fingerprint density at radius 2 is 1.44 bits per heavy atom. The number of aromatic nitrogens is 1. The number of hydrogen-bond acceptors (Lipinski definition) is 10. The third kappa shape index (κ3) is 12.0. The molecule has 3 fully saturated rings. The van der Waals surface area contributed by atoms with Crippen molar-refractivity contribution in [3.05, 3.63) is 143 Å². The number of hydrogen-bond donors (Lipinski definition) is 2. The van der Waals surface area contributed by atoms with Crippen molar-refractivity contribution in [3.8, 4) is 22.4 Å². The fraction of sp³-hybridized carbons (Fsp3) is 0.368. The topological polar surface area (TPSA) is 153 Å². The Balaban J connectivity index is 0.920. The first-order valence-electron chi connectivity index (χ1n) is 25.8. The number of thioether (sulfide) groups is 1. The third-order valence-corrected chi connectivity index (χ3v) is 20.6. The number of rotatable bonds is 18. The maximum atomic E-state index is 15.0. The van der Waals surface area contributed by atoms with E-state index in [0.29, 0.717) is 92.8 Å². The second-order valence-electron chi connectivity index (χ2n) is 20.2. The van der Waals surface area contributed by atoms with E-state index in [9.17, 15) is 41.4 Å². The lowest BCUT2D eigenvalue weighted by molar-refractivity contribution is -0.143. The van der Waals surface area contributed by atoms with Gasteiger partial charge < -0.3 is 34.0 Å². The van der Waals surface area contributed by atoms with Crippen LogP contribution in [0.3, 0.4) is 0 Å². The summed E-state index contributed by atoms with van der Waals surface area (Å²) in [4.78, 5) is 31.2. The minimum absolute atomic E-state index is 0.000178. The summed E-state index contributed by atoms with van der Waals surface area (Å²) >= 11 is 7.80. The molecule has 0 aliphatic carbocycles. The monoisotopic (exact) mass is 1130 g/mol. The number of carboxylic acids is 2. The number of piperazine rings is 1. The number of carbonyl (C=O) groups is 2. The molecule has 2 N–H and O–H groups in total. The highest BCUT2D eigenvalue weighted by Gasteiger charge is 2.49. The Morgan fingerprint density at radius 1 is 0.792 bits per heavy atom. The zero-order chi connectivity index (χ0) is 54.8. The minimum Gasteiger partial charge on any atom is -0.481 e. The van der Waals surface area contributed by atoms with Crippen LogP contribution in [-0.4, -0.2) is 110 Å². The van der Waals surface area contributed by atoms with Crippen molar-refractivity contribution in [1.29, 1.82) is 0 Å². The van der Waals surface area contributed by atoms with E-state index >= 15 is 4.57 Å². The highest BCUT2D eigenvalue weighted by molar-refractivity contribution is 7.99. The van der Waals surface area contributed by atoms with Crippen molar-refractivity contribution in [2.75, 3.05) is 79.2 Å². The van der Waals surface area contributed by atoms with E-state index < -0.39 is 45.6 Å². The number of aliphatic carboxylic acids is 1. The quantitative estimate of drug-likeness (QED) is 0.0621. The molecule has 0 amide bonds. The Hall–Kier alpha value is -5.75. The van der Waals surface area contributed by atoms with Crippen molar-refractivity contribution in [2.24, 2.45) is 11.8 Å². The van der Waals surface area contributed by atoms with Crippen LogP contribution in [0.5, 0.6) is 0 Å². The molecule has 6 aromatic rings. The largest absolute Gasteiger partial charge is 0.501 e. The molecule has 408 valence electrons. The lowest BCUT2D eigenvalue weighted by Crippen LogP contribution is -2.46. The van der Waals surface area contributed by atoms with Crippen molar-refractivity contribution in [2.45, 2.75) is 67.8 Å². The van der Waals surface area contributed by atoms with Gasteiger partial charge in [-0.2, -0.15) is 13.2 Å². The van der Waals surface area contributed by atoms with E-state index in [1.165, 1.54) is 28.6 Å². The van der Waals surface area contributed by atoms with Crippen molar-refractivity contribution in [1.82, 2.24) is 9.47 Å². The van der Waals surface area contributed by atoms with Crippen molar-refractivity contribution >= 4 is 75.0 Å². The summed E-state index contributed by atoms with van der Waals surface area (Å²) in [5, 5.41) is 20.5. The highest BCUT2D eigenvalue weighted by Crippen LogP contribution is 2.56. The number of halogens is 4. The maximum absolute atomic E-state index is 15.0. The van der Waals surface area contributed by atoms with Gasteiger partial charge in [-0.05, 0) is 161 Å². The van der Waals surface area contributed by atoms with Gasteiger partial charge in [0.25, 0.3) is 9.84 Å². The van der Waals surface area contributed by atoms with Crippen LogP contribution in [0.2, 0.25) is 5.02 Å². The Labute approximate surface area is 457 Å². The maximum Gasteiger partial charge on any atom is 0.501 e. The number of benzene rings is 5. The normalized spacial score (nSPS) is 18.3. The summed E-state index contributed by atoms with van der Waals surface area (Å²) in [6.07, 6.45) is 1.52. The molecule has 3 aliphatic heterocycles. The van der Waals surface area contributed by atoms with E-state index in [2.05, 4.69) is 19.3 Å². The molecule has 0 bridgehead atoms. The number of nitrogens with zero attached hydrogens (tertiary/aromatic N) is 5. The molecule has 0 saturated carbocycles. The Bertz CT molecular complexity index is 3260. The fourth-order valence-corrected chi connectivity index (χ4v) is 15.5. The van der Waals surface area contributed by atoms with Crippen LogP contribution < -0.4 is 19.8 Å². The third-order valence-electron chi connectivity index (χ3n) is 15.0. The zero-order valence-electron chi connectivity index (χ0n) is 43.0. The number of piperidine rings is 1. The van der Waals surface area contributed by atoms with Gasteiger partial charge in [-0.25, -0.2) is 13.2 Å². The summed E-state index contributed by atoms with van der Waals surface area (Å²) in [6, 6.07) is 35.9. The molecule has 9 rings (SSSR count). The fourth-order valence-electron chi connectivity index (χ4n) is 11.0. The molecule has 0 unspecified atom stereocenters. The lowest BCUT2D eigenvalue weighted by Gasteiger charge is -2.37. The van der Waals surface area contributed by atoms with Crippen LogP contribution in [0.4, 0.5) is 30.2 Å². The lowest BCUT2D eigenvalue weighted by atomic mass is 9.95. The van der Waals surface area contributed by atoms with Crippen LogP contribution in [-0.2, 0) is 30.1 Å². The van der Waals surface area contributed by atoms with Gasteiger partial charge in [-0.15, -0.1) is 11.8 Å². The van der Waals surface area contributed by atoms with Gasteiger partial charge in [0.15, 0.2) is 0 Å².